The number of carbonyl (C=O) groups is 1. The molecule has 0 aliphatic rings. The quantitative estimate of drug-likeness (QED) is 0.352. The molecule has 0 heterocycles. The topological polar surface area (TPSA) is 50.1 Å². The highest BCUT2D eigenvalue weighted by atomic mass is 16.6. The molecule has 0 spiro atoms. The number of rotatable bonds is 3. The first kappa shape index (κ1) is 19.4. The van der Waals surface area contributed by atoms with Crippen LogP contribution in [0.3, 0.4) is 0 Å². The van der Waals surface area contributed by atoms with Crippen molar-refractivity contribution in [2.45, 2.75) is 33.3 Å². The third kappa shape index (κ3) is 10.2. The van der Waals surface area contributed by atoms with E-state index in [1.807, 2.05) is 63.3 Å². The number of ether oxygens (including phenoxy) is 1. The van der Waals surface area contributed by atoms with Crippen LogP contribution in [0.25, 0.3) is 6.08 Å². The molecule has 1 rings (SSSR count). The molecule has 0 bridgehead atoms. The lowest BCUT2D eigenvalue weighted by Gasteiger charge is -2.19. The van der Waals surface area contributed by atoms with Crippen molar-refractivity contribution in [1.82, 2.24) is 0 Å². The van der Waals surface area contributed by atoms with E-state index in [9.17, 15) is 4.79 Å². The second-order valence-corrected chi connectivity index (χ2v) is 5.45. The SMILES string of the molecule is C=CC#N.CC(=CC=Cc1ccccc1)C(=O)OC(C)(C)C. The summed E-state index contributed by atoms with van der Waals surface area (Å²) < 4.78 is 5.26. The number of benzene rings is 1. The molecule has 3 nitrogen and oxygen atoms in total. The average Bonchev–Trinajstić information content (AvgIpc) is 2.46. The average molecular weight is 297 g/mol. The van der Waals surface area contributed by atoms with E-state index in [1.165, 1.54) is 6.08 Å². The van der Waals surface area contributed by atoms with E-state index in [0.29, 0.717) is 5.57 Å². The third-order valence-corrected chi connectivity index (χ3v) is 2.25. The summed E-state index contributed by atoms with van der Waals surface area (Å²) in [4.78, 5) is 11.7. The number of carbonyl (C=O) groups excluding carboxylic acids is 1. The molecular formula is C19H23NO2. The summed E-state index contributed by atoms with van der Waals surface area (Å²) in [6.07, 6.45) is 6.75. The van der Waals surface area contributed by atoms with Crippen molar-refractivity contribution in [3.63, 3.8) is 0 Å². The molecule has 22 heavy (non-hydrogen) atoms. The van der Waals surface area contributed by atoms with Crippen LogP contribution in [-0.4, -0.2) is 11.6 Å². The standard InChI is InChI=1S/C16H20O2.C3H3N/c1-13(15(17)18-16(2,3)4)9-8-12-14-10-6-5-7-11-14;1-2-3-4/h5-12H,1-4H3;2H,1H2. The largest absolute Gasteiger partial charge is 0.457 e. The molecule has 0 aliphatic carbocycles. The smallest absolute Gasteiger partial charge is 0.334 e. The summed E-state index contributed by atoms with van der Waals surface area (Å²) in [5, 5.41) is 7.51. The minimum atomic E-state index is -0.449. The van der Waals surface area contributed by atoms with Gasteiger partial charge >= 0.3 is 5.97 Å². The molecule has 116 valence electrons. The molecule has 1 aromatic rings. The predicted octanol–water partition coefficient (Wildman–Crippen LogP) is 4.68. The Morgan fingerprint density at radius 2 is 1.82 bits per heavy atom. The Morgan fingerprint density at radius 1 is 1.27 bits per heavy atom. The minimum absolute atomic E-state index is 0.278. The summed E-state index contributed by atoms with van der Waals surface area (Å²) in [7, 11) is 0. The lowest BCUT2D eigenvalue weighted by atomic mass is 10.1. The Kier molecular flexibility index (Phi) is 8.97. The fourth-order valence-corrected chi connectivity index (χ4v) is 1.29. The van der Waals surface area contributed by atoms with Gasteiger partial charge in [0.05, 0.1) is 6.07 Å². The van der Waals surface area contributed by atoms with Crippen LogP contribution in [0, 0.1) is 11.3 Å². The number of esters is 1. The Hall–Kier alpha value is -2.60. The highest BCUT2D eigenvalue weighted by molar-refractivity contribution is 5.88. The van der Waals surface area contributed by atoms with Crippen molar-refractivity contribution in [1.29, 1.82) is 5.26 Å². The fourth-order valence-electron chi connectivity index (χ4n) is 1.29. The number of allylic oxidation sites excluding steroid dienone is 3. The minimum Gasteiger partial charge on any atom is -0.457 e. The molecule has 1 aromatic carbocycles. The monoisotopic (exact) mass is 297 g/mol. The van der Waals surface area contributed by atoms with Gasteiger partial charge in [-0.2, -0.15) is 5.26 Å². The first-order valence-electron chi connectivity index (χ1n) is 6.94. The van der Waals surface area contributed by atoms with Crippen LogP contribution < -0.4 is 0 Å². The lowest BCUT2D eigenvalue weighted by molar-refractivity contribution is -0.149. The Bertz CT molecular complexity index is 570. The summed E-state index contributed by atoms with van der Waals surface area (Å²) in [6, 6.07) is 11.6. The van der Waals surface area contributed by atoms with Gasteiger partial charge in [-0.05, 0) is 33.3 Å². The second-order valence-electron chi connectivity index (χ2n) is 5.45. The van der Waals surface area contributed by atoms with Gasteiger partial charge in [0.25, 0.3) is 0 Å². The molecule has 3 heteroatoms. The first-order chi connectivity index (χ1) is 10.3. The van der Waals surface area contributed by atoms with Crippen LogP contribution in [0.5, 0.6) is 0 Å². The zero-order valence-corrected chi connectivity index (χ0v) is 13.7. The van der Waals surface area contributed by atoms with E-state index < -0.39 is 5.60 Å². The lowest BCUT2D eigenvalue weighted by Crippen LogP contribution is -2.24. The van der Waals surface area contributed by atoms with Gasteiger partial charge in [0.2, 0.25) is 0 Å². The van der Waals surface area contributed by atoms with Crippen LogP contribution >= 0.6 is 0 Å². The Labute approximate surface area is 133 Å². The number of nitrogens with zero attached hydrogens (tertiary/aromatic N) is 1. The van der Waals surface area contributed by atoms with Crippen molar-refractivity contribution >= 4 is 12.0 Å². The molecule has 0 radical (unpaired) electrons. The van der Waals surface area contributed by atoms with Crippen molar-refractivity contribution in [2.24, 2.45) is 0 Å². The van der Waals surface area contributed by atoms with Gasteiger partial charge in [-0.1, -0.05) is 55.1 Å². The van der Waals surface area contributed by atoms with E-state index in [4.69, 9.17) is 10.00 Å². The normalized spacial score (nSPS) is 11.1. The van der Waals surface area contributed by atoms with Crippen LogP contribution in [0.2, 0.25) is 0 Å². The second kappa shape index (κ2) is 10.2. The molecule has 0 fully saturated rings. The van der Waals surface area contributed by atoms with Gasteiger partial charge in [-0.3, -0.25) is 0 Å². The molecule has 0 saturated heterocycles. The van der Waals surface area contributed by atoms with Crippen molar-refractivity contribution in [3.8, 4) is 6.07 Å². The molecule has 0 saturated carbocycles. The van der Waals surface area contributed by atoms with E-state index in [0.717, 1.165) is 5.56 Å². The molecule has 0 aliphatic heterocycles. The summed E-state index contributed by atoms with van der Waals surface area (Å²) in [6.45, 7) is 10.4. The zero-order chi connectivity index (χ0) is 17.0. The van der Waals surface area contributed by atoms with Gasteiger partial charge in [-0.15, -0.1) is 0 Å². The highest BCUT2D eigenvalue weighted by Crippen LogP contribution is 2.11. The van der Waals surface area contributed by atoms with Gasteiger partial charge in [0.15, 0.2) is 0 Å². The van der Waals surface area contributed by atoms with E-state index in [1.54, 1.807) is 19.1 Å². The van der Waals surface area contributed by atoms with Crippen LogP contribution in [0.15, 0.2) is 60.7 Å². The van der Waals surface area contributed by atoms with Crippen molar-refractivity contribution in [3.05, 3.63) is 66.3 Å². The van der Waals surface area contributed by atoms with E-state index in [-0.39, 0.29) is 5.97 Å². The highest BCUT2D eigenvalue weighted by Gasteiger charge is 2.16. The van der Waals surface area contributed by atoms with Gasteiger partial charge < -0.3 is 4.74 Å². The summed E-state index contributed by atoms with van der Waals surface area (Å²) >= 11 is 0. The van der Waals surface area contributed by atoms with Crippen LogP contribution in [-0.2, 0) is 9.53 Å². The molecule has 0 N–H and O–H groups in total. The van der Waals surface area contributed by atoms with Crippen molar-refractivity contribution in [2.75, 3.05) is 0 Å². The molecule has 0 aromatic heterocycles. The molecule has 0 amide bonds. The van der Waals surface area contributed by atoms with Gasteiger partial charge in [0, 0.05) is 11.6 Å². The third-order valence-electron chi connectivity index (χ3n) is 2.25. The zero-order valence-electron chi connectivity index (χ0n) is 13.7. The molecule has 0 unspecified atom stereocenters. The molecular weight excluding hydrogens is 274 g/mol. The maximum atomic E-state index is 11.7. The predicted molar refractivity (Wildman–Crippen MR) is 90.9 cm³/mol. The van der Waals surface area contributed by atoms with Crippen molar-refractivity contribution < 1.29 is 9.53 Å². The first-order valence-corrected chi connectivity index (χ1v) is 6.94. The maximum absolute atomic E-state index is 11.7. The van der Waals surface area contributed by atoms with E-state index in [2.05, 4.69) is 6.58 Å². The molecule has 0 atom stereocenters. The summed E-state index contributed by atoms with van der Waals surface area (Å²) in [5.74, 6) is -0.278. The van der Waals surface area contributed by atoms with E-state index >= 15 is 0 Å². The summed E-state index contributed by atoms with van der Waals surface area (Å²) in [5.41, 5.74) is 1.25. The maximum Gasteiger partial charge on any atom is 0.334 e. The number of nitriles is 1. The number of hydrogen-bond donors (Lipinski definition) is 0. The number of hydrogen-bond acceptors (Lipinski definition) is 3. The Balaban J connectivity index is 0.000000980. The Morgan fingerprint density at radius 3 is 2.27 bits per heavy atom. The van der Waals surface area contributed by atoms with Crippen LogP contribution in [0.1, 0.15) is 33.3 Å². The fraction of sp³-hybridized carbons (Fsp3) is 0.263. The van der Waals surface area contributed by atoms with Crippen LogP contribution in [0.4, 0.5) is 0 Å². The van der Waals surface area contributed by atoms with Gasteiger partial charge in [0.1, 0.15) is 5.60 Å². The van der Waals surface area contributed by atoms with Gasteiger partial charge in [-0.25, -0.2) is 4.79 Å².